The summed E-state index contributed by atoms with van der Waals surface area (Å²) in [5.74, 6) is -0.457. The maximum absolute atomic E-state index is 12.8. The molecular weight excluding hydrogens is 475 g/mol. The highest BCUT2D eigenvalue weighted by Gasteiger charge is 2.30. The Hall–Kier alpha value is -4.34. The van der Waals surface area contributed by atoms with Crippen molar-refractivity contribution < 1.29 is 32.2 Å². The second kappa shape index (κ2) is 12.4. The number of benzene rings is 3. The van der Waals surface area contributed by atoms with Crippen LogP contribution < -0.4 is 20.2 Å². The van der Waals surface area contributed by atoms with E-state index in [1.165, 1.54) is 12.3 Å². The van der Waals surface area contributed by atoms with E-state index in [1.54, 1.807) is 18.2 Å². The molecule has 2 N–H and O–H groups in total. The second-order valence-electron chi connectivity index (χ2n) is 7.51. The first-order chi connectivity index (χ1) is 17.2. The first kappa shape index (κ1) is 26.3. The number of hydrogen-bond donors (Lipinski definition) is 2. The van der Waals surface area contributed by atoms with Gasteiger partial charge in [-0.15, -0.1) is 0 Å². The molecule has 0 aliphatic heterocycles. The number of anilines is 1. The number of hydrazone groups is 1. The number of rotatable bonds is 10. The van der Waals surface area contributed by atoms with Gasteiger partial charge in [-0.1, -0.05) is 36.4 Å². The van der Waals surface area contributed by atoms with Crippen molar-refractivity contribution in [3.63, 3.8) is 0 Å². The summed E-state index contributed by atoms with van der Waals surface area (Å²) in [4.78, 5) is 24.0. The van der Waals surface area contributed by atoms with Crippen LogP contribution in [0.15, 0.2) is 77.9 Å². The van der Waals surface area contributed by atoms with Crippen LogP contribution in [0.4, 0.5) is 18.9 Å². The molecule has 0 radical (unpaired) electrons. The lowest BCUT2D eigenvalue weighted by atomic mass is 10.2. The monoisotopic (exact) mass is 499 g/mol. The van der Waals surface area contributed by atoms with E-state index in [0.29, 0.717) is 30.3 Å². The van der Waals surface area contributed by atoms with Crippen molar-refractivity contribution in [3.8, 4) is 11.5 Å². The quantitative estimate of drug-likeness (QED) is 0.229. The molecule has 0 aliphatic rings. The van der Waals surface area contributed by atoms with Gasteiger partial charge in [0.1, 0.15) is 13.0 Å². The molecule has 0 saturated carbocycles. The highest BCUT2D eigenvalue weighted by atomic mass is 19.4. The van der Waals surface area contributed by atoms with Gasteiger partial charge in [0.25, 0.3) is 0 Å². The minimum Gasteiger partial charge on any atom is -0.490 e. The molecule has 0 saturated heterocycles. The Kier molecular flexibility index (Phi) is 9.04. The molecule has 0 bridgehead atoms. The number of alkyl halides is 3. The van der Waals surface area contributed by atoms with E-state index in [0.717, 1.165) is 23.8 Å². The summed E-state index contributed by atoms with van der Waals surface area (Å²) in [6.07, 6.45) is -3.79. The Bertz CT molecular complexity index is 1210. The molecule has 0 heterocycles. The minimum absolute atomic E-state index is 0.0656. The van der Waals surface area contributed by atoms with Gasteiger partial charge in [-0.05, 0) is 54.4 Å². The first-order valence-corrected chi connectivity index (χ1v) is 11.0. The highest BCUT2D eigenvalue weighted by Crippen LogP contribution is 2.31. The number of carbonyl (C=O) groups excluding carboxylic acids is 2. The smallest absolute Gasteiger partial charge is 0.416 e. The highest BCUT2D eigenvalue weighted by molar-refractivity contribution is 6.03. The normalized spacial score (nSPS) is 11.2. The Morgan fingerprint density at radius 1 is 0.917 bits per heavy atom. The Morgan fingerprint density at radius 3 is 2.42 bits per heavy atom. The van der Waals surface area contributed by atoms with E-state index < -0.39 is 30.0 Å². The molecule has 0 atom stereocenters. The molecule has 0 fully saturated rings. The van der Waals surface area contributed by atoms with Gasteiger partial charge in [0.15, 0.2) is 11.5 Å². The fourth-order valence-electron chi connectivity index (χ4n) is 3.07. The molecule has 3 rings (SSSR count). The Labute approximate surface area is 205 Å². The van der Waals surface area contributed by atoms with E-state index in [2.05, 4.69) is 15.8 Å². The zero-order valence-electron chi connectivity index (χ0n) is 19.3. The summed E-state index contributed by atoms with van der Waals surface area (Å²) in [5, 5.41) is 6.09. The maximum Gasteiger partial charge on any atom is 0.416 e. The lowest BCUT2D eigenvalue weighted by Gasteiger charge is -2.12. The Morgan fingerprint density at radius 2 is 1.69 bits per heavy atom. The number of ether oxygens (including phenoxy) is 2. The largest absolute Gasteiger partial charge is 0.490 e. The van der Waals surface area contributed by atoms with Gasteiger partial charge in [0, 0.05) is 5.69 Å². The van der Waals surface area contributed by atoms with Crippen LogP contribution in [0.5, 0.6) is 11.5 Å². The van der Waals surface area contributed by atoms with E-state index >= 15 is 0 Å². The molecule has 2 amide bonds. The standard InChI is InChI=1S/C26H24F3N3O4/c1-2-35-23-13-19(11-12-22(23)36-17-18-7-4-3-5-8-18)16-30-32-25(34)15-24(33)31-21-10-6-9-20(14-21)26(27,28)29/h3-14,16H,2,15,17H2,1H3,(H,31,33)(H,32,34). The number of nitrogens with zero attached hydrogens (tertiary/aromatic N) is 1. The van der Waals surface area contributed by atoms with Crippen LogP contribution in [-0.4, -0.2) is 24.6 Å². The van der Waals surface area contributed by atoms with Crippen LogP contribution in [0, 0.1) is 0 Å². The molecular formula is C26H24F3N3O4. The molecule has 3 aromatic carbocycles. The molecule has 3 aromatic rings. The summed E-state index contributed by atoms with van der Waals surface area (Å²) in [6.45, 7) is 2.62. The van der Waals surface area contributed by atoms with E-state index in [9.17, 15) is 22.8 Å². The van der Waals surface area contributed by atoms with E-state index in [4.69, 9.17) is 9.47 Å². The summed E-state index contributed by atoms with van der Waals surface area (Å²) < 4.78 is 49.8. The van der Waals surface area contributed by atoms with Crippen molar-refractivity contribution in [2.45, 2.75) is 26.1 Å². The number of halogens is 3. The number of amides is 2. The number of nitrogens with one attached hydrogen (secondary N) is 2. The van der Waals surface area contributed by atoms with Crippen LogP contribution in [0.25, 0.3) is 0 Å². The molecule has 0 unspecified atom stereocenters. The van der Waals surface area contributed by atoms with Gasteiger partial charge in [-0.3, -0.25) is 9.59 Å². The molecule has 0 spiro atoms. The number of hydrogen-bond acceptors (Lipinski definition) is 5. The van der Waals surface area contributed by atoms with Crippen molar-refractivity contribution in [2.24, 2.45) is 5.10 Å². The first-order valence-electron chi connectivity index (χ1n) is 11.0. The van der Waals surface area contributed by atoms with Crippen LogP contribution in [0.2, 0.25) is 0 Å². The minimum atomic E-state index is -4.54. The fourth-order valence-corrected chi connectivity index (χ4v) is 3.07. The average molecular weight is 499 g/mol. The maximum atomic E-state index is 12.8. The topological polar surface area (TPSA) is 89.0 Å². The van der Waals surface area contributed by atoms with Crippen LogP contribution in [0.3, 0.4) is 0 Å². The molecule has 0 aromatic heterocycles. The Balaban J connectivity index is 1.53. The van der Waals surface area contributed by atoms with Gasteiger partial charge >= 0.3 is 6.18 Å². The SMILES string of the molecule is CCOc1cc(C=NNC(=O)CC(=O)Nc2cccc(C(F)(F)F)c2)ccc1OCc1ccccc1. The van der Waals surface area contributed by atoms with Crippen LogP contribution in [-0.2, 0) is 22.4 Å². The van der Waals surface area contributed by atoms with E-state index in [1.807, 2.05) is 37.3 Å². The predicted octanol–water partition coefficient (Wildman–Crippen LogP) is 5.16. The molecule has 188 valence electrons. The second-order valence-corrected chi connectivity index (χ2v) is 7.51. The summed E-state index contributed by atoms with van der Waals surface area (Å²) in [5.41, 5.74) is 2.86. The van der Waals surface area contributed by atoms with Gasteiger partial charge in [-0.2, -0.15) is 18.3 Å². The van der Waals surface area contributed by atoms with Crippen LogP contribution in [0.1, 0.15) is 30.0 Å². The fraction of sp³-hybridized carbons (Fsp3) is 0.192. The molecule has 36 heavy (non-hydrogen) atoms. The van der Waals surface area contributed by atoms with Crippen molar-refractivity contribution in [1.29, 1.82) is 0 Å². The third-order valence-corrected chi connectivity index (χ3v) is 4.70. The van der Waals surface area contributed by atoms with Crippen molar-refractivity contribution in [1.82, 2.24) is 5.43 Å². The third kappa shape index (κ3) is 8.15. The third-order valence-electron chi connectivity index (χ3n) is 4.70. The molecule has 10 heteroatoms. The summed E-state index contributed by atoms with van der Waals surface area (Å²) >= 11 is 0. The predicted molar refractivity (Wildman–Crippen MR) is 129 cm³/mol. The van der Waals surface area contributed by atoms with Gasteiger partial charge in [0.05, 0.1) is 18.4 Å². The number of carbonyl (C=O) groups is 2. The zero-order valence-corrected chi connectivity index (χ0v) is 19.3. The van der Waals surface area contributed by atoms with E-state index in [-0.39, 0.29) is 5.69 Å². The van der Waals surface area contributed by atoms with Gasteiger partial charge < -0.3 is 14.8 Å². The van der Waals surface area contributed by atoms with Gasteiger partial charge in [-0.25, -0.2) is 5.43 Å². The lowest BCUT2D eigenvalue weighted by Crippen LogP contribution is -2.24. The molecule has 7 nitrogen and oxygen atoms in total. The summed E-state index contributed by atoms with van der Waals surface area (Å²) in [6, 6.07) is 18.9. The van der Waals surface area contributed by atoms with Crippen molar-refractivity contribution in [3.05, 3.63) is 89.5 Å². The lowest BCUT2D eigenvalue weighted by molar-refractivity contribution is -0.137. The van der Waals surface area contributed by atoms with Crippen LogP contribution >= 0.6 is 0 Å². The zero-order chi connectivity index (χ0) is 26.0. The van der Waals surface area contributed by atoms with Crippen molar-refractivity contribution >= 4 is 23.7 Å². The van der Waals surface area contributed by atoms with Crippen molar-refractivity contribution in [2.75, 3.05) is 11.9 Å². The summed E-state index contributed by atoms with van der Waals surface area (Å²) in [7, 11) is 0. The molecule has 0 aliphatic carbocycles. The van der Waals surface area contributed by atoms with Gasteiger partial charge in [0.2, 0.25) is 11.8 Å². The average Bonchev–Trinajstić information content (AvgIpc) is 2.84.